The maximum absolute atomic E-state index is 8.09. The molecule has 220 valence electrons. The molecule has 0 bridgehead atoms. The van der Waals surface area contributed by atoms with E-state index in [0.717, 1.165) is 0 Å². The second kappa shape index (κ2) is 44.8. The number of unbranched alkanes of at least 4 members (excludes halogenated alkanes) is 20. The second-order valence-corrected chi connectivity index (χ2v) is 10.8. The van der Waals surface area contributed by atoms with Crippen molar-refractivity contribution in [3.63, 3.8) is 0 Å². The Bertz CT molecular complexity index is 330. The third kappa shape index (κ3) is 64.2. The summed E-state index contributed by atoms with van der Waals surface area (Å²) in [4.78, 5) is 0. The van der Waals surface area contributed by atoms with Gasteiger partial charge in [0.1, 0.15) is 0 Å². The van der Waals surface area contributed by atoms with Crippen LogP contribution < -0.4 is 0 Å². The fraction of sp³-hybridized carbons (Fsp3) is 0.938. The maximum atomic E-state index is 8.09. The van der Waals surface area contributed by atoms with E-state index in [2.05, 4.69) is 52.1 Å². The van der Waals surface area contributed by atoms with Gasteiger partial charge in [0.05, 0.1) is 0 Å². The lowest BCUT2D eigenvalue weighted by Gasteiger charge is -2.00. The number of hydrogen-bond donors (Lipinski definition) is 2. The van der Waals surface area contributed by atoms with Crippen LogP contribution in [0.2, 0.25) is 0 Å². The van der Waals surface area contributed by atoms with E-state index in [-0.39, 0.29) is 10.1 Å². The number of aliphatic hydroxyl groups is 2. The van der Waals surface area contributed by atoms with E-state index in [1.807, 2.05) is 13.8 Å². The summed E-state index contributed by atoms with van der Waals surface area (Å²) in [7, 11) is 0. The van der Waals surface area contributed by atoms with Crippen LogP contribution in [0.5, 0.6) is 0 Å². The fourth-order valence-corrected chi connectivity index (χ4v) is 3.47. The molecule has 0 spiro atoms. The lowest BCUT2D eigenvalue weighted by atomic mass is 10.1. The van der Waals surface area contributed by atoms with Gasteiger partial charge in [-0.05, 0) is 24.4 Å². The first-order chi connectivity index (χ1) is 17.4. The van der Waals surface area contributed by atoms with Crippen molar-refractivity contribution >= 4 is 34.5 Å². The summed E-state index contributed by atoms with van der Waals surface area (Å²) in [5, 5.41) is 16.4. The van der Waals surface area contributed by atoms with Crippen LogP contribution in [0.3, 0.4) is 0 Å². The number of rotatable bonds is 22. The van der Waals surface area contributed by atoms with Gasteiger partial charge in [-0.15, -0.1) is 0 Å². The standard InChI is InChI=1S/2C13H28.2C3H6OS/c2*1-3-5-7-9-11-13-12-10-8-6-4-2;2*1-2-3(4)5/h2*3-13H2,1-2H3;2*2H2,1H3,(H,4,5). The molecule has 0 fully saturated rings. The van der Waals surface area contributed by atoms with Gasteiger partial charge in [-0.2, -0.15) is 0 Å². The molecule has 0 radical (unpaired) electrons. The van der Waals surface area contributed by atoms with Gasteiger partial charge in [0, 0.05) is 12.8 Å². The van der Waals surface area contributed by atoms with E-state index in [4.69, 9.17) is 10.2 Å². The summed E-state index contributed by atoms with van der Waals surface area (Å²) in [6.07, 6.45) is 33.1. The highest BCUT2D eigenvalue weighted by Gasteiger charge is 1.92. The summed E-state index contributed by atoms with van der Waals surface area (Å²) in [5.74, 6) is 0. The summed E-state index contributed by atoms with van der Waals surface area (Å²) in [6, 6.07) is 0. The van der Waals surface area contributed by atoms with Crippen molar-refractivity contribution in [2.45, 2.75) is 196 Å². The monoisotopic (exact) mass is 548 g/mol. The summed E-state index contributed by atoms with van der Waals surface area (Å²) in [5.41, 5.74) is 0. The zero-order valence-corrected chi connectivity index (χ0v) is 27.3. The second-order valence-electron chi connectivity index (χ2n) is 9.86. The molecule has 0 aliphatic carbocycles. The Morgan fingerprint density at radius 3 is 0.528 bits per heavy atom. The zero-order chi connectivity index (χ0) is 28.1. The minimum atomic E-state index is 0.0880. The largest absolute Gasteiger partial charge is 0.502 e. The summed E-state index contributed by atoms with van der Waals surface area (Å²) < 4.78 is 0. The zero-order valence-electron chi connectivity index (χ0n) is 25.7. The van der Waals surface area contributed by atoms with Crippen molar-refractivity contribution in [3.8, 4) is 0 Å². The lowest BCUT2D eigenvalue weighted by molar-refractivity contribution is 0.552. The van der Waals surface area contributed by atoms with Crippen molar-refractivity contribution in [1.82, 2.24) is 0 Å². The summed E-state index contributed by atoms with van der Waals surface area (Å²) in [6.45, 7) is 12.7. The molecule has 0 amide bonds. The molecular weight excluding hydrogens is 480 g/mol. The molecule has 0 aliphatic heterocycles. The summed E-state index contributed by atoms with van der Waals surface area (Å²) >= 11 is 8.50. The molecule has 0 rings (SSSR count). The van der Waals surface area contributed by atoms with Gasteiger partial charge < -0.3 is 10.2 Å². The van der Waals surface area contributed by atoms with Crippen molar-refractivity contribution in [2.24, 2.45) is 0 Å². The van der Waals surface area contributed by atoms with Crippen LogP contribution in [0.1, 0.15) is 196 Å². The SMILES string of the molecule is CCC(O)=S.CCC(O)=S.CCCCCCCCCCCCC.CCCCCCCCCCCCC. The van der Waals surface area contributed by atoms with Crippen LogP contribution >= 0.6 is 24.4 Å². The Kier molecular flexibility index (Phi) is 53.3. The molecule has 0 heterocycles. The Morgan fingerprint density at radius 1 is 0.333 bits per heavy atom. The quantitative estimate of drug-likeness (QED) is 0.104. The highest BCUT2D eigenvalue weighted by molar-refractivity contribution is 7.80. The first-order valence-corrected chi connectivity index (χ1v) is 16.6. The van der Waals surface area contributed by atoms with Crippen LogP contribution in [0.15, 0.2) is 0 Å². The van der Waals surface area contributed by atoms with Crippen molar-refractivity contribution in [3.05, 3.63) is 0 Å². The van der Waals surface area contributed by atoms with E-state index >= 15 is 0 Å². The first-order valence-electron chi connectivity index (χ1n) is 15.8. The van der Waals surface area contributed by atoms with E-state index in [1.54, 1.807) is 0 Å². The average molecular weight is 549 g/mol. The minimum Gasteiger partial charge on any atom is -0.502 e. The van der Waals surface area contributed by atoms with Crippen molar-refractivity contribution in [2.75, 3.05) is 0 Å². The normalized spacial score (nSPS) is 9.72. The van der Waals surface area contributed by atoms with Gasteiger partial charge in [-0.1, -0.05) is 183 Å². The molecule has 2 N–H and O–H groups in total. The molecule has 0 aromatic carbocycles. The molecule has 0 saturated heterocycles. The van der Waals surface area contributed by atoms with Crippen LogP contribution in [0, 0.1) is 0 Å². The smallest absolute Gasteiger partial charge is 0.156 e. The lowest BCUT2D eigenvalue weighted by Crippen LogP contribution is -1.82. The van der Waals surface area contributed by atoms with E-state index in [1.165, 1.54) is 141 Å². The van der Waals surface area contributed by atoms with Gasteiger partial charge in [-0.3, -0.25) is 0 Å². The van der Waals surface area contributed by atoms with Gasteiger partial charge in [-0.25, -0.2) is 0 Å². The molecule has 0 atom stereocenters. The van der Waals surface area contributed by atoms with Crippen LogP contribution in [0.25, 0.3) is 0 Å². The molecule has 0 unspecified atom stereocenters. The van der Waals surface area contributed by atoms with Gasteiger partial charge >= 0.3 is 0 Å². The molecule has 0 aromatic heterocycles. The third-order valence-electron chi connectivity index (χ3n) is 6.02. The van der Waals surface area contributed by atoms with E-state index < -0.39 is 0 Å². The fourth-order valence-electron chi connectivity index (χ4n) is 3.47. The number of aliphatic hydroxyl groups excluding tert-OH is 2. The highest BCUT2D eigenvalue weighted by atomic mass is 32.1. The van der Waals surface area contributed by atoms with Crippen molar-refractivity contribution < 1.29 is 10.2 Å². The van der Waals surface area contributed by atoms with Crippen LogP contribution in [0.4, 0.5) is 0 Å². The maximum Gasteiger partial charge on any atom is 0.156 e. The molecular formula is C32H68O2S2. The van der Waals surface area contributed by atoms with Crippen molar-refractivity contribution in [1.29, 1.82) is 0 Å². The molecule has 36 heavy (non-hydrogen) atoms. The third-order valence-corrected chi connectivity index (χ3v) is 6.60. The van der Waals surface area contributed by atoms with Gasteiger partial charge in [0.25, 0.3) is 0 Å². The van der Waals surface area contributed by atoms with Gasteiger partial charge in [0.2, 0.25) is 0 Å². The predicted octanol–water partition coefficient (Wildman–Crippen LogP) is 13.2. The molecule has 0 aromatic rings. The molecule has 0 saturated carbocycles. The Labute approximate surface area is 239 Å². The predicted molar refractivity (Wildman–Crippen MR) is 175 cm³/mol. The Balaban J connectivity index is -0.000000208. The molecule has 2 nitrogen and oxygen atoms in total. The Morgan fingerprint density at radius 2 is 0.444 bits per heavy atom. The van der Waals surface area contributed by atoms with Crippen LogP contribution in [-0.4, -0.2) is 20.3 Å². The van der Waals surface area contributed by atoms with Crippen LogP contribution in [-0.2, 0) is 0 Å². The molecule has 4 heteroatoms. The molecule has 0 aliphatic rings. The Hall–Kier alpha value is -0.220. The van der Waals surface area contributed by atoms with Gasteiger partial charge in [0.15, 0.2) is 10.1 Å². The first kappa shape index (κ1) is 42.9. The van der Waals surface area contributed by atoms with E-state index in [9.17, 15) is 0 Å². The van der Waals surface area contributed by atoms with E-state index in [0.29, 0.717) is 12.8 Å². The number of hydrogen-bond acceptors (Lipinski definition) is 2. The minimum absolute atomic E-state index is 0.0880. The average Bonchev–Trinajstić information content (AvgIpc) is 2.88. The highest BCUT2D eigenvalue weighted by Crippen LogP contribution is 2.11. The number of thiocarbonyl (C=S) groups is 2. The topological polar surface area (TPSA) is 40.5 Å².